The van der Waals surface area contributed by atoms with Crippen LogP contribution < -0.4 is 10.2 Å². The SMILES string of the molecule is CC/C=C\C/C=C\CC(O)/C=C/C=C\C/C=C\CCCC(=O)N[C@@H](COP(=O)([O-])OCC[N+](C)(C)C)[C@H](O)/C=C/CC/C=C\CCCCCCCC. The van der Waals surface area contributed by atoms with Crippen LogP contribution in [0.5, 0.6) is 0 Å². The number of carbonyl (C=O) groups is 1. The van der Waals surface area contributed by atoms with Gasteiger partial charge in [-0.05, 0) is 64.2 Å². The average molecular weight is 749 g/mol. The summed E-state index contributed by atoms with van der Waals surface area (Å²) in [5, 5.41) is 23.6. The average Bonchev–Trinajstić information content (AvgIpc) is 3.08. The van der Waals surface area contributed by atoms with E-state index in [9.17, 15) is 24.5 Å². The van der Waals surface area contributed by atoms with Crippen LogP contribution in [0.3, 0.4) is 0 Å². The highest BCUT2D eigenvalue weighted by molar-refractivity contribution is 7.45. The van der Waals surface area contributed by atoms with E-state index >= 15 is 0 Å². The number of hydrogen-bond acceptors (Lipinski definition) is 7. The topological polar surface area (TPSA) is 128 Å². The van der Waals surface area contributed by atoms with E-state index in [2.05, 4.69) is 49.5 Å². The fourth-order valence-corrected chi connectivity index (χ4v) is 5.48. The van der Waals surface area contributed by atoms with Crippen molar-refractivity contribution in [1.82, 2.24) is 5.32 Å². The van der Waals surface area contributed by atoms with Crippen LogP contribution in [0, 0.1) is 0 Å². The monoisotopic (exact) mass is 749 g/mol. The van der Waals surface area contributed by atoms with E-state index in [1.807, 2.05) is 63.7 Å². The smallest absolute Gasteiger partial charge is 0.268 e. The maximum Gasteiger partial charge on any atom is 0.268 e. The van der Waals surface area contributed by atoms with E-state index in [1.54, 1.807) is 12.2 Å². The van der Waals surface area contributed by atoms with Gasteiger partial charge in [0.25, 0.3) is 7.82 Å². The molecule has 0 aromatic heterocycles. The number of aliphatic hydroxyl groups is 2. The van der Waals surface area contributed by atoms with Crippen molar-refractivity contribution in [2.45, 2.75) is 135 Å². The Labute approximate surface area is 317 Å². The van der Waals surface area contributed by atoms with E-state index in [1.165, 1.54) is 38.5 Å². The molecule has 4 atom stereocenters. The van der Waals surface area contributed by atoms with Gasteiger partial charge < -0.3 is 34.0 Å². The van der Waals surface area contributed by atoms with Crippen molar-refractivity contribution >= 4 is 13.7 Å². The van der Waals surface area contributed by atoms with Gasteiger partial charge in [-0.3, -0.25) is 9.36 Å². The maximum absolute atomic E-state index is 12.8. The molecule has 9 nitrogen and oxygen atoms in total. The van der Waals surface area contributed by atoms with Crippen LogP contribution in [0.2, 0.25) is 0 Å². The molecule has 0 aromatic rings. The third-order valence-electron chi connectivity index (χ3n) is 7.92. The Balaban J connectivity index is 4.76. The number of carbonyl (C=O) groups excluding carboxylic acids is 1. The molecule has 0 saturated carbocycles. The van der Waals surface area contributed by atoms with Crippen molar-refractivity contribution in [2.75, 3.05) is 40.9 Å². The third kappa shape index (κ3) is 34.7. The first-order chi connectivity index (χ1) is 24.9. The largest absolute Gasteiger partial charge is 0.756 e. The maximum atomic E-state index is 12.8. The number of amides is 1. The number of rotatable bonds is 33. The molecule has 10 heteroatoms. The van der Waals surface area contributed by atoms with Gasteiger partial charge in [0.2, 0.25) is 5.91 Å². The Kier molecular flexibility index (Phi) is 31.7. The molecule has 298 valence electrons. The van der Waals surface area contributed by atoms with E-state index < -0.39 is 32.7 Å². The number of likely N-dealkylation sites (N-methyl/N-ethyl adjacent to an activating group) is 1. The molecule has 0 spiro atoms. The molecule has 0 radical (unpaired) electrons. The fraction of sp³-hybridized carbons (Fsp3) is 0.643. The number of phosphoric ester groups is 1. The number of nitrogens with one attached hydrogen (secondary N) is 1. The van der Waals surface area contributed by atoms with Gasteiger partial charge in [-0.2, -0.15) is 0 Å². The summed E-state index contributed by atoms with van der Waals surface area (Å²) in [6.45, 7) is 4.32. The van der Waals surface area contributed by atoms with Crippen LogP contribution >= 0.6 is 7.82 Å². The highest BCUT2D eigenvalue weighted by Gasteiger charge is 2.23. The van der Waals surface area contributed by atoms with Gasteiger partial charge >= 0.3 is 0 Å². The van der Waals surface area contributed by atoms with Gasteiger partial charge in [0.05, 0.1) is 46.0 Å². The molecule has 0 saturated heterocycles. The predicted molar refractivity (Wildman–Crippen MR) is 216 cm³/mol. The Morgan fingerprint density at radius 2 is 1.38 bits per heavy atom. The number of unbranched alkanes of at least 4 members (excludes halogenated alkanes) is 8. The highest BCUT2D eigenvalue weighted by atomic mass is 31.2. The molecule has 1 amide bonds. The van der Waals surface area contributed by atoms with E-state index in [0.717, 1.165) is 32.1 Å². The second kappa shape index (κ2) is 33.2. The van der Waals surface area contributed by atoms with Crippen LogP contribution in [0.25, 0.3) is 0 Å². The summed E-state index contributed by atoms with van der Waals surface area (Å²) in [5.41, 5.74) is 0. The van der Waals surface area contributed by atoms with Crippen LogP contribution in [-0.4, -0.2) is 79.8 Å². The van der Waals surface area contributed by atoms with Crippen molar-refractivity contribution in [3.63, 3.8) is 0 Å². The Hall–Kier alpha value is -2.36. The second-order valence-electron chi connectivity index (χ2n) is 14.1. The van der Waals surface area contributed by atoms with Gasteiger partial charge in [0.15, 0.2) is 0 Å². The van der Waals surface area contributed by atoms with Crippen molar-refractivity contribution in [3.8, 4) is 0 Å². The molecular formula is C42H73N2O7P. The Bertz CT molecular complexity index is 1140. The van der Waals surface area contributed by atoms with Crippen molar-refractivity contribution < 1.29 is 38.0 Å². The summed E-state index contributed by atoms with van der Waals surface area (Å²) >= 11 is 0. The molecule has 0 aliphatic rings. The minimum atomic E-state index is -4.62. The molecule has 0 aliphatic carbocycles. The minimum Gasteiger partial charge on any atom is -0.756 e. The molecule has 0 rings (SSSR count). The first-order valence-electron chi connectivity index (χ1n) is 19.6. The lowest BCUT2D eigenvalue weighted by molar-refractivity contribution is -0.870. The van der Waals surface area contributed by atoms with Gasteiger partial charge in [-0.1, -0.05) is 131 Å². The standard InChI is InChI=1S/C42H73N2O7P/c1-6-8-10-12-14-15-16-17-18-22-26-30-34-41(46)40(38-51-52(48,49)50-37-36-44(3,4)5)43-42(47)35-31-27-23-20-19-21-25-29-33-39(45)32-28-24-13-11-9-7-2/h9,11,17-18,20-21,23-25,28-30,33-34,39-41,45-46H,6-8,10,12-16,19,22,26-27,31-32,35-38H2,1-5H3,(H-,43,47,48,49)/b11-9-,18-17-,23-20-,25-21-,28-24-,33-29+,34-30+/t39?,40-,41+/m0/s1. The third-order valence-corrected chi connectivity index (χ3v) is 8.88. The second-order valence-corrected chi connectivity index (χ2v) is 15.5. The van der Waals surface area contributed by atoms with Gasteiger partial charge in [-0.15, -0.1) is 0 Å². The molecule has 0 fully saturated rings. The van der Waals surface area contributed by atoms with Crippen molar-refractivity contribution in [3.05, 3.63) is 85.1 Å². The number of phosphoric acid groups is 1. The fourth-order valence-electron chi connectivity index (χ4n) is 4.75. The minimum absolute atomic E-state index is 0.0330. The normalized spacial score (nSPS) is 16.1. The molecule has 0 bridgehead atoms. The molecule has 0 aromatic carbocycles. The number of nitrogens with zero attached hydrogens (tertiary/aromatic N) is 1. The lowest BCUT2D eigenvalue weighted by atomic mass is 10.1. The van der Waals surface area contributed by atoms with Crippen LogP contribution in [0.4, 0.5) is 0 Å². The number of allylic oxidation sites excluding steroid dienone is 11. The summed E-state index contributed by atoms with van der Waals surface area (Å²) in [6.07, 6.45) is 41.0. The van der Waals surface area contributed by atoms with Crippen molar-refractivity contribution in [1.29, 1.82) is 0 Å². The molecule has 0 aliphatic heterocycles. The summed E-state index contributed by atoms with van der Waals surface area (Å²) in [4.78, 5) is 25.2. The Morgan fingerprint density at radius 3 is 2.13 bits per heavy atom. The summed E-state index contributed by atoms with van der Waals surface area (Å²) in [5.74, 6) is -0.297. The van der Waals surface area contributed by atoms with Crippen LogP contribution in [0.15, 0.2) is 85.1 Å². The van der Waals surface area contributed by atoms with E-state index in [0.29, 0.717) is 36.7 Å². The van der Waals surface area contributed by atoms with E-state index in [-0.39, 0.29) is 18.9 Å². The highest BCUT2D eigenvalue weighted by Crippen LogP contribution is 2.38. The number of quaternary nitrogens is 1. The number of hydrogen-bond donors (Lipinski definition) is 3. The zero-order valence-electron chi connectivity index (χ0n) is 33.1. The summed E-state index contributed by atoms with van der Waals surface area (Å²) in [6, 6.07) is -0.956. The molecule has 3 N–H and O–H groups in total. The molecule has 0 heterocycles. The van der Waals surface area contributed by atoms with E-state index in [4.69, 9.17) is 9.05 Å². The van der Waals surface area contributed by atoms with Gasteiger partial charge in [0, 0.05) is 6.42 Å². The van der Waals surface area contributed by atoms with Crippen molar-refractivity contribution in [2.24, 2.45) is 0 Å². The first kappa shape index (κ1) is 49.6. The van der Waals surface area contributed by atoms with Crippen LogP contribution in [0.1, 0.15) is 117 Å². The lowest BCUT2D eigenvalue weighted by Gasteiger charge is -2.29. The molecular weight excluding hydrogens is 675 g/mol. The number of aliphatic hydroxyl groups excluding tert-OH is 2. The van der Waals surface area contributed by atoms with Gasteiger partial charge in [-0.25, -0.2) is 0 Å². The van der Waals surface area contributed by atoms with Gasteiger partial charge in [0.1, 0.15) is 13.2 Å². The quantitative estimate of drug-likeness (QED) is 0.0202. The first-order valence-corrected chi connectivity index (χ1v) is 21.0. The Morgan fingerprint density at radius 1 is 0.750 bits per heavy atom. The van der Waals surface area contributed by atoms with Crippen LogP contribution in [-0.2, 0) is 18.4 Å². The zero-order chi connectivity index (χ0) is 38.8. The molecule has 52 heavy (non-hydrogen) atoms. The zero-order valence-corrected chi connectivity index (χ0v) is 34.0. The predicted octanol–water partition coefficient (Wildman–Crippen LogP) is 8.58. The molecule has 2 unspecified atom stereocenters. The summed E-state index contributed by atoms with van der Waals surface area (Å²) < 4.78 is 23.0. The lowest BCUT2D eigenvalue weighted by Crippen LogP contribution is -2.45. The summed E-state index contributed by atoms with van der Waals surface area (Å²) in [7, 11) is 1.15.